The van der Waals surface area contributed by atoms with Crippen LogP contribution in [-0.4, -0.2) is 10.9 Å². The van der Waals surface area contributed by atoms with Crippen molar-refractivity contribution >= 4 is 27.7 Å². The Hall–Kier alpha value is -3.34. The summed E-state index contributed by atoms with van der Waals surface area (Å²) in [6.07, 6.45) is 0. The molecule has 0 spiro atoms. The zero-order chi connectivity index (χ0) is 18.4. The van der Waals surface area contributed by atoms with Gasteiger partial charge in [0.05, 0.1) is 5.39 Å². The van der Waals surface area contributed by atoms with E-state index in [1.165, 1.54) is 6.07 Å². The molecule has 0 bridgehead atoms. The molecule has 2 aromatic carbocycles. The van der Waals surface area contributed by atoms with E-state index in [0.29, 0.717) is 28.0 Å². The predicted molar refractivity (Wildman–Crippen MR) is 100 cm³/mol. The van der Waals surface area contributed by atoms with Gasteiger partial charge in [-0.1, -0.05) is 35.0 Å². The second-order valence-corrected chi connectivity index (χ2v) is 6.43. The Balaban J connectivity index is 2.02. The van der Waals surface area contributed by atoms with E-state index in [2.05, 4.69) is 5.16 Å². The maximum absolute atomic E-state index is 11.8. The molecule has 5 nitrogen and oxygen atoms in total. The first kappa shape index (κ1) is 16.1. The summed E-state index contributed by atoms with van der Waals surface area (Å²) in [5.41, 5.74) is 4.44. The number of oxime groups is 1. The minimum absolute atomic E-state index is 0.335. The third kappa shape index (κ3) is 2.40. The largest absolute Gasteiger partial charge is 0.454 e. The first-order valence-corrected chi connectivity index (χ1v) is 8.25. The summed E-state index contributed by atoms with van der Waals surface area (Å²) in [7, 11) is 0. The van der Waals surface area contributed by atoms with Crippen LogP contribution in [0.4, 0.5) is 0 Å². The van der Waals surface area contributed by atoms with Crippen molar-refractivity contribution in [2.75, 3.05) is 0 Å². The molecule has 0 aliphatic carbocycles. The Morgan fingerprint density at radius 3 is 2.42 bits per heavy atom. The van der Waals surface area contributed by atoms with Crippen molar-refractivity contribution < 1.29 is 14.0 Å². The van der Waals surface area contributed by atoms with E-state index >= 15 is 0 Å². The van der Waals surface area contributed by atoms with Crippen LogP contribution in [0, 0.1) is 20.8 Å². The first-order valence-electron chi connectivity index (χ1n) is 8.25. The van der Waals surface area contributed by atoms with Gasteiger partial charge in [-0.05, 0) is 38.5 Å². The number of hydrogen-bond donors (Lipinski definition) is 1. The molecule has 0 aliphatic heterocycles. The van der Waals surface area contributed by atoms with Crippen LogP contribution in [0.5, 0.6) is 0 Å². The number of fused-ring (bicyclic) bond motifs is 3. The van der Waals surface area contributed by atoms with E-state index in [-0.39, 0.29) is 0 Å². The molecule has 4 aromatic rings. The van der Waals surface area contributed by atoms with Gasteiger partial charge in [0.1, 0.15) is 11.2 Å². The second kappa shape index (κ2) is 5.88. The molecule has 0 saturated carbocycles. The van der Waals surface area contributed by atoms with Crippen LogP contribution in [-0.2, 0) is 0 Å². The Bertz CT molecular complexity index is 1230. The van der Waals surface area contributed by atoms with Gasteiger partial charge >= 0.3 is 5.63 Å². The molecule has 0 unspecified atom stereocenters. The lowest BCUT2D eigenvalue weighted by Gasteiger charge is -2.03. The monoisotopic (exact) mass is 347 g/mol. The Labute approximate surface area is 149 Å². The summed E-state index contributed by atoms with van der Waals surface area (Å²) in [6, 6.07) is 12.8. The quantitative estimate of drug-likeness (QED) is 0.247. The third-order valence-corrected chi connectivity index (χ3v) is 4.65. The molecular formula is C21H17NO4. The maximum atomic E-state index is 11.8. The van der Waals surface area contributed by atoms with Gasteiger partial charge in [-0.15, -0.1) is 0 Å². The fourth-order valence-electron chi connectivity index (χ4n) is 3.28. The summed E-state index contributed by atoms with van der Waals surface area (Å²) < 4.78 is 11.4. The summed E-state index contributed by atoms with van der Waals surface area (Å²) >= 11 is 0. The van der Waals surface area contributed by atoms with Crippen molar-refractivity contribution in [2.24, 2.45) is 5.16 Å². The zero-order valence-corrected chi connectivity index (χ0v) is 14.7. The standard InChI is InChI=1S/C21H17NO4/c1-11-4-6-14(7-5-11)19(22-24)20-13(3)18-16(25-20)9-8-15-12(2)10-17(23)26-21(15)18/h4-10,24H,1-3H3. The molecule has 5 heteroatoms. The van der Waals surface area contributed by atoms with E-state index in [9.17, 15) is 10.0 Å². The average molecular weight is 347 g/mol. The van der Waals surface area contributed by atoms with Crippen LogP contribution in [0.1, 0.15) is 28.0 Å². The van der Waals surface area contributed by atoms with Crippen molar-refractivity contribution in [3.05, 3.63) is 80.9 Å². The van der Waals surface area contributed by atoms with Crippen LogP contribution in [0.2, 0.25) is 0 Å². The maximum Gasteiger partial charge on any atom is 0.336 e. The highest BCUT2D eigenvalue weighted by atomic mass is 16.4. The van der Waals surface area contributed by atoms with Crippen molar-refractivity contribution in [1.82, 2.24) is 0 Å². The SMILES string of the molecule is Cc1ccc(C(=NO)c2oc3ccc4c(C)cc(=O)oc4c3c2C)cc1. The van der Waals surface area contributed by atoms with Crippen LogP contribution in [0.25, 0.3) is 21.9 Å². The smallest absolute Gasteiger partial charge is 0.336 e. The van der Waals surface area contributed by atoms with E-state index in [4.69, 9.17) is 8.83 Å². The highest BCUT2D eigenvalue weighted by Gasteiger charge is 2.21. The molecule has 0 saturated heterocycles. The second-order valence-electron chi connectivity index (χ2n) is 6.43. The number of nitrogens with zero attached hydrogens (tertiary/aromatic N) is 1. The number of hydrogen-bond acceptors (Lipinski definition) is 5. The molecule has 130 valence electrons. The fourth-order valence-corrected chi connectivity index (χ4v) is 3.28. The molecule has 4 rings (SSSR count). The average Bonchev–Trinajstić information content (AvgIpc) is 2.94. The molecule has 2 aromatic heterocycles. The van der Waals surface area contributed by atoms with Crippen molar-refractivity contribution in [3.63, 3.8) is 0 Å². The summed E-state index contributed by atoms with van der Waals surface area (Å²) in [4.78, 5) is 11.8. The van der Waals surface area contributed by atoms with Crippen LogP contribution in [0.3, 0.4) is 0 Å². The summed E-state index contributed by atoms with van der Waals surface area (Å²) in [5, 5.41) is 14.6. The summed E-state index contributed by atoms with van der Waals surface area (Å²) in [6.45, 7) is 5.72. The van der Waals surface area contributed by atoms with Gasteiger partial charge in [-0.25, -0.2) is 4.79 Å². The van der Waals surface area contributed by atoms with Gasteiger partial charge in [-0.2, -0.15) is 0 Å². The topological polar surface area (TPSA) is 75.9 Å². The van der Waals surface area contributed by atoms with Gasteiger partial charge in [0.25, 0.3) is 0 Å². The fraction of sp³-hybridized carbons (Fsp3) is 0.143. The lowest BCUT2D eigenvalue weighted by molar-refractivity contribution is 0.318. The predicted octanol–water partition coefficient (Wildman–Crippen LogP) is 4.69. The van der Waals surface area contributed by atoms with E-state index in [1.54, 1.807) is 0 Å². The Morgan fingerprint density at radius 1 is 1.00 bits per heavy atom. The van der Waals surface area contributed by atoms with Gasteiger partial charge in [-0.3, -0.25) is 0 Å². The Kier molecular flexibility index (Phi) is 3.65. The molecule has 2 heterocycles. The minimum Gasteiger partial charge on any atom is -0.454 e. The van der Waals surface area contributed by atoms with Gasteiger partial charge in [0, 0.05) is 22.6 Å². The normalized spacial score (nSPS) is 12.2. The van der Waals surface area contributed by atoms with Crippen LogP contribution >= 0.6 is 0 Å². The zero-order valence-electron chi connectivity index (χ0n) is 14.7. The van der Waals surface area contributed by atoms with Gasteiger partial charge in [0.15, 0.2) is 11.5 Å². The highest BCUT2D eigenvalue weighted by molar-refractivity contribution is 6.16. The van der Waals surface area contributed by atoms with E-state index in [0.717, 1.165) is 27.6 Å². The van der Waals surface area contributed by atoms with Crippen LogP contribution < -0.4 is 5.63 Å². The molecule has 0 aliphatic rings. The summed E-state index contributed by atoms with van der Waals surface area (Å²) in [5.74, 6) is 0.447. The van der Waals surface area contributed by atoms with Crippen molar-refractivity contribution in [3.8, 4) is 0 Å². The molecule has 0 fully saturated rings. The highest BCUT2D eigenvalue weighted by Crippen LogP contribution is 2.34. The number of benzene rings is 2. The van der Waals surface area contributed by atoms with Crippen LogP contribution in [0.15, 0.2) is 61.2 Å². The molecule has 26 heavy (non-hydrogen) atoms. The van der Waals surface area contributed by atoms with Gasteiger partial charge < -0.3 is 14.0 Å². The third-order valence-electron chi connectivity index (χ3n) is 4.65. The number of furan rings is 1. The van der Waals surface area contributed by atoms with Gasteiger partial charge in [0.2, 0.25) is 0 Å². The van der Waals surface area contributed by atoms with E-state index in [1.807, 2.05) is 57.2 Å². The molecule has 0 radical (unpaired) electrons. The molecular weight excluding hydrogens is 330 g/mol. The molecule has 0 atom stereocenters. The molecule has 0 amide bonds. The molecule has 1 N–H and O–H groups in total. The number of aryl methyl sites for hydroxylation is 3. The number of rotatable bonds is 2. The Morgan fingerprint density at radius 2 is 1.73 bits per heavy atom. The van der Waals surface area contributed by atoms with Crippen molar-refractivity contribution in [2.45, 2.75) is 20.8 Å². The van der Waals surface area contributed by atoms with E-state index < -0.39 is 5.63 Å². The first-order chi connectivity index (χ1) is 12.5. The lowest BCUT2D eigenvalue weighted by atomic mass is 10.0. The lowest BCUT2D eigenvalue weighted by Crippen LogP contribution is -2.03. The van der Waals surface area contributed by atoms with Crippen molar-refractivity contribution in [1.29, 1.82) is 0 Å². The minimum atomic E-state index is -0.403.